The molecule has 4 atom stereocenters. The molecule has 1 heterocycles. The Labute approximate surface area is 226 Å². The summed E-state index contributed by atoms with van der Waals surface area (Å²) in [6.45, 7) is 3.87. The normalized spacial score (nSPS) is 22.9. The van der Waals surface area contributed by atoms with Gasteiger partial charge in [-0.2, -0.15) is 0 Å². The lowest BCUT2D eigenvalue weighted by atomic mass is 9.82. The molecule has 9 nitrogen and oxygen atoms in total. The third-order valence-corrected chi connectivity index (χ3v) is 7.71. The molecule has 2 bridgehead atoms. The van der Waals surface area contributed by atoms with E-state index >= 15 is 0 Å². The Morgan fingerprint density at radius 2 is 1.51 bits per heavy atom. The molecular formula is C30H30N2O7. The average Bonchev–Trinajstić information content (AvgIpc) is 3.57. The Hall–Kier alpha value is -4.27. The molecule has 2 aromatic rings. The van der Waals surface area contributed by atoms with E-state index in [0.717, 1.165) is 19.3 Å². The number of carbonyl (C=O) groups excluding carboxylic acids is 5. The highest BCUT2D eigenvalue weighted by Gasteiger charge is 2.60. The molecule has 1 saturated heterocycles. The van der Waals surface area contributed by atoms with Crippen LogP contribution in [0.3, 0.4) is 0 Å². The van der Waals surface area contributed by atoms with Crippen molar-refractivity contribution in [2.75, 3.05) is 23.4 Å². The molecule has 3 aliphatic rings. The molecule has 1 saturated carbocycles. The van der Waals surface area contributed by atoms with Crippen molar-refractivity contribution in [1.82, 2.24) is 0 Å². The van der Waals surface area contributed by atoms with Crippen LogP contribution in [0.4, 0.5) is 11.4 Å². The van der Waals surface area contributed by atoms with E-state index in [-0.39, 0.29) is 41.0 Å². The van der Waals surface area contributed by atoms with Crippen LogP contribution in [-0.4, -0.2) is 42.9 Å². The van der Waals surface area contributed by atoms with Crippen LogP contribution in [0.25, 0.3) is 0 Å². The van der Waals surface area contributed by atoms with E-state index in [1.54, 1.807) is 36.4 Å². The molecule has 9 heteroatoms. The van der Waals surface area contributed by atoms with Gasteiger partial charge in [0.1, 0.15) is 0 Å². The summed E-state index contributed by atoms with van der Waals surface area (Å²) in [4.78, 5) is 64.1. The summed E-state index contributed by atoms with van der Waals surface area (Å²) in [7, 11) is 0. The van der Waals surface area contributed by atoms with Crippen molar-refractivity contribution in [3.05, 3.63) is 71.3 Å². The molecule has 1 N–H and O–H groups in total. The first kappa shape index (κ1) is 26.3. The minimum atomic E-state index is -0.712. The van der Waals surface area contributed by atoms with Crippen molar-refractivity contribution in [2.24, 2.45) is 23.7 Å². The van der Waals surface area contributed by atoms with Gasteiger partial charge in [0.15, 0.2) is 6.61 Å². The first-order valence-corrected chi connectivity index (χ1v) is 13.2. The lowest BCUT2D eigenvalue weighted by Gasteiger charge is -2.19. The van der Waals surface area contributed by atoms with E-state index in [2.05, 4.69) is 11.4 Å². The van der Waals surface area contributed by atoms with E-state index in [4.69, 9.17) is 9.47 Å². The van der Waals surface area contributed by atoms with Gasteiger partial charge in [0.25, 0.3) is 5.91 Å². The van der Waals surface area contributed by atoms with Gasteiger partial charge in [0, 0.05) is 5.69 Å². The number of ether oxygens (including phenoxy) is 2. The van der Waals surface area contributed by atoms with Crippen molar-refractivity contribution in [2.45, 2.75) is 33.1 Å². The van der Waals surface area contributed by atoms with Gasteiger partial charge in [-0.25, -0.2) is 9.59 Å². The number of imide groups is 1. The Kier molecular flexibility index (Phi) is 7.32. The molecule has 39 heavy (non-hydrogen) atoms. The second-order valence-corrected chi connectivity index (χ2v) is 10.2. The lowest BCUT2D eigenvalue weighted by Crippen LogP contribution is -2.33. The number of fused-ring (bicyclic) bond motifs is 5. The maximum atomic E-state index is 13.1. The zero-order chi connectivity index (χ0) is 27.7. The number of esters is 2. The van der Waals surface area contributed by atoms with Crippen LogP contribution in [0.2, 0.25) is 0 Å². The molecular weight excluding hydrogens is 500 g/mol. The zero-order valence-corrected chi connectivity index (χ0v) is 21.8. The van der Waals surface area contributed by atoms with Crippen LogP contribution in [-0.2, 0) is 23.9 Å². The van der Waals surface area contributed by atoms with Crippen LogP contribution >= 0.6 is 0 Å². The van der Waals surface area contributed by atoms with Crippen LogP contribution < -0.4 is 10.2 Å². The second kappa shape index (κ2) is 10.8. The Balaban J connectivity index is 1.12. The molecule has 0 spiro atoms. The van der Waals surface area contributed by atoms with E-state index < -0.39 is 24.5 Å². The summed E-state index contributed by atoms with van der Waals surface area (Å²) in [5.74, 6) is -2.41. The predicted octanol–water partition coefficient (Wildman–Crippen LogP) is 4.14. The lowest BCUT2D eigenvalue weighted by molar-refractivity contribution is -0.123. The van der Waals surface area contributed by atoms with Gasteiger partial charge in [-0.1, -0.05) is 25.0 Å². The maximum Gasteiger partial charge on any atom is 0.338 e. The number of unbranched alkanes of at least 4 members (excludes halogenated alkanes) is 1. The molecule has 3 amide bonds. The molecule has 0 unspecified atom stereocenters. The summed E-state index contributed by atoms with van der Waals surface area (Å²) >= 11 is 0. The zero-order valence-electron chi connectivity index (χ0n) is 21.8. The van der Waals surface area contributed by atoms with Crippen LogP contribution in [0.1, 0.15) is 53.8 Å². The Morgan fingerprint density at radius 1 is 0.897 bits per heavy atom. The van der Waals surface area contributed by atoms with Gasteiger partial charge < -0.3 is 14.8 Å². The first-order chi connectivity index (χ1) is 18.8. The fourth-order valence-electron chi connectivity index (χ4n) is 5.77. The van der Waals surface area contributed by atoms with E-state index in [9.17, 15) is 24.0 Å². The minimum Gasteiger partial charge on any atom is -0.462 e. The summed E-state index contributed by atoms with van der Waals surface area (Å²) < 4.78 is 10.3. The molecule has 202 valence electrons. The molecule has 0 radical (unpaired) electrons. The molecule has 2 fully saturated rings. The smallest absolute Gasteiger partial charge is 0.338 e. The van der Waals surface area contributed by atoms with Gasteiger partial charge in [0.05, 0.1) is 35.3 Å². The summed E-state index contributed by atoms with van der Waals surface area (Å²) in [6, 6.07) is 12.3. The number of nitrogens with zero attached hydrogens (tertiary/aromatic N) is 1. The molecule has 2 aliphatic carbocycles. The highest BCUT2D eigenvalue weighted by molar-refractivity contribution is 6.23. The van der Waals surface area contributed by atoms with Crippen LogP contribution in [0.15, 0.2) is 60.2 Å². The average molecular weight is 531 g/mol. The number of anilines is 2. The van der Waals surface area contributed by atoms with E-state index in [1.807, 2.05) is 13.8 Å². The summed E-state index contributed by atoms with van der Waals surface area (Å²) in [5, 5.41) is 2.60. The van der Waals surface area contributed by atoms with Gasteiger partial charge in [0.2, 0.25) is 11.8 Å². The number of rotatable bonds is 9. The number of benzene rings is 2. The Morgan fingerprint density at radius 3 is 2.18 bits per heavy atom. The minimum absolute atomic E-state index is 0.117. The molecule has 5 rings (SSSR count). The highest BCUT2D eigenvalue weighted by Crippen LogP contribution is 2.55. The number of hydrogen-bond donors (Lipinski definition) is 1. The summed E-state index contributed by atoms with van der Waals surface area (Å²) in [5.41, 5.74) is 2.61. The third-order valence-electron chi connectivity index (χ3n) is 7.71. The number of hydrogen-bond acceptors (Lipinski definition) is 7. The largest absolute Gasteiger partial charge is 0.462 e. The molecule has 0 aromatic heterocycles. The topological polar surface area (TPSA) is 119 Å². The van der Waals surface area contributed by atoms with Crippen molar-refractivity contribution < 1.29 is 33.4 Å². The van der Waals surface area contributed by atoms with Crippen LogP contribution in [0, 0.1) is 23.7 Å². The van der Waals surface area contributed by atoms with Crippen molar-refractivity contribution in [3.63, 3.8) is 0 Å². The first-order valence-electron chi connectivity index (χ1n) is 13.2. The SMILES string of the molecule is CCCCOC(=O)c1ccc(NC(=O)COC(=O)c2ccc(N3C(=O)[C@H]4[C@H](C3=O)[C@H]3C=C(C)[C@H]4C3)cc2)cc1. The van der Waals surface area contributed by atoms with Gasteiger partial charge in [-0.3, -0.25) is 19.3 Å². The van der Waals surface area contributed by atoms with Gasteiger partial charge in [-0.15, -0.1) is 0 Å². The standard InChI is InChI=1S/C30H30N2O7/c1-3-4-13-38-29(36)18-5-9-21(10-6-18)31-24(33)16-39-30(37)19-7-11-22(12-8-19)32-27(34)25-20-14-17(2)23(15-20)26(25)28(32)35/h5-12,14,20,23,25-26H,3-4,13,15-16H2,1-2H3,(H,31,33)/t20-,23+,25+,26+/m0/s1. The van der Waals surface area contributed by atoms with E-state index in [0.29, 0.717) is 23.5 Å². The maximum absolute atomic E-state index is 13.1. The number of amides is 3. The molecule has 2 aromatic carbocycles. The van der Waals surface area contributed by atoms with Gasteiger partial charge >= 0.3 is 11.9 Å². The third kappa shape index (κ3) is 5.08. The van der Waals surface area contributed by atoms with E-state index in [1.165, 1.54) is 22.6 Å². The van der Waals surface area contributed by atoms with Crippen molar-refractivity contribution >= 4 is 41.0 Å². The quantitative estimate of drug-likeness (QED) is 0.224. The monoisotopic (exact) mass is 530 g/mol. The number of carbonyl (C=O) groups is 5. The highest BCUT2D eigenvalue weighted by atomic mass is 16.5. The fourth-order valence-corrected chi connectivity index (χ4v) is 5.77. The second-order valence-electron chi connectivity index (χ2n) is 10.2. The fraction of sp³-hybridized carbons (Fsp3) is 0.367. The van der Waals surface area contributed by atoms with Crippen LogP contribution in [0.5, 0.6) is 0 Å². The van der Waals surface area contributed by atoms with Crippen molar-refractivity contribution in [1.29, 1.82) is 0 Å². The van der Waals surface area contributed by atoms with Crippen molar-refractivity contribution in [3.8, 4) is 0 Å². The van der Waals surface area contributed by atoms with Gasteiger partial charge in [-0.05, 0) is 80.1 Å². The Bertz CT molecular complexity index is 1350. The predicted molar refractivity (Wildman–Crippen MR) is 142 cm³/mol. The summed E-state index contributed by atoms with van der Waals surface area (Å²) in [6.07, 6.45) is 4.70. The molecule has 1 aliphatic heterocycles. The number of nitrogens with one attached hydrogen (secondary N) is 1. The number of allylic oxidation sites excluding steroid dienone is 2.